The molecule has 2 fully saturated rings. The lowest BCUT2D eigenvalue weighted by molar-refractivity contribution is -0.890. The molecule has 0 spiro atoms. The quantitative estimate of drug-likeness (QED) is 0.486. The molecule has 0 aromatic rings. The van der Waals surface area contributed by atoms with E-state index in [-0.39, 0.29) is 0 Å². The fourth-order valence-electron chi connectivity index (χ4n) is 2.84. The summed E-state index contributed by atoms with van der Waals surface area (Å²) in [5, 5.41) is 0. The Kier molecular flexibility index (Phi) is 1.17. The highest BCUT2D eigenvalue weighted by atomic mass is 15.4. The van der Waals surface area contributed by atoms with Gasteiger partial charge in [0.05, 0.1) is 26.7 Å². The third kappa shape index (κ3) is 0.731. The first-order valence-electron chi connectivity index (χ1n) is 4.52. The van der Waals surface area contributed by atoms with Crippen molar-refractivity contribution in [2.45, 2.75) is 26.2 Å². The van der Waals surface area contributed by atoms with Crippen LogP contribution in [0.1, 0.15) is 26.2 Å². The molecule has 0 amide bonds. The molecule has 2 aliphatic rings. The van der Waals surface area contributed by atoms with Crippen LogP contribution in [0, 0.1) is 5.41 Å². The molecule has 1 heteroatoms. The molecular formula is C9H18N+. The van der Waals surface area contributed by atoms with Crippen molar-refractivity contribution < 1.29 is 4.48 Å². The number of nitrogens with zero attached hydrogens (tertiary/aromatic N) is 1. The van der Waals surface area contributed by atoms with Gasteiger partial charge in [0.25, 0.3) is 0 Å². The second kappa shape index (κ2) is 1.76. The summed E-state index contributed by atoms with van der Waals surface area (Å²) in [4.78, 5) is 0. The van der Waals surface area contributed by atoms with Crippen LogP contribution < -0.4 is 0 Å². The van der Waals surface area contributed by atoms with Crippen molar-refractivity contribution in [3.8, 4) is 0 Å². The Hall–Kier alpha value is -0.0400. The van der Waals surface area contributed by atoms with Crippen molar-refractivity contribution in [1.82, 2.24) is 0 Å². The first-order valence-corrected chi connectivity index (χ1v) is 4.52. The van der Waals surface area contributed by atoms with Gasteiger partial charge in [-0.1, -0.05) is 6.92 Å². The van der Waals surface area contributed by atoms with Gasteiger partial charge in [-0.2, -0.15) is 0 Å². The van der Waals surface area contributed by atoms with Crippen molar-refractivity contribution in [2.24, 2.45) is 5.41 Å². The maximum absolute atomic E-state index is 2.42. The predicted molar refractivity (Wildman–Crippen MR) is 42.7 cm³/mol. The first kappa shape index (κ1) is 6.66. The molecule has 2 aliphatic heterocycles. The summed E-state index contributed by atoms with van der Waals surface area (Å²) in [6.45, 7) is 6.74. The zero-order chi connectivity index (χ0) is 7.24. The summed E-state index contributed by atoms with van der Waals surface area (Å²) in [5.74, 6) is 0. The summed E-state index contributed by atoms with van der Waals surface area (Å²) in [6, 6.07) is 0. The molecule has 2 rings (SSSR count). The van der Waals surface area contributed by atoms with Gasteiger partial charge < -0.3 is 4.48 Å². The van der Waals surface area contributed by atoms with Crippen molar-refractivity contribution >= 4 is 0 Å². The van der Waals surface area contributed by atoms with E-state index < -0.39 is 0 Å². The van der Waals surface area contributed by atoms with E-state index in [2.05, 4.69) is 14.0 Å². The van der Waals surface area contributed by atoms with Crippen LogP contribution in [0.25, 0.3) is 0 Å². The molecule has 2 saturated heterocycles. The fraction of sp³-hybridized carbons (Fsp3) is 1.00. The molecule has 2 bridgehead atoms. The van der Waals surface area contributed by atoms with E-state index in [4.69, 9.17) is 0 Å². The maximum atomic E-state index is 2.42. The minimum absolute atomic E-state index is 0.786. The highest BCUT2D eigenvalue weighted by molar-refractivity contribution is 4.87. The minimum atomic E-state index is 0.786. The molecule has 58 valence electrons. The standard InChI is InChI=1S/C9H18N/c1-3-9-4-6-10(2,8-9)7-5-9/h3-8H2,1-2H3/q+1. The van der Waals surface area contributed by atoms with Gasteiger partial charge in [-0.3, -0.25) is 0 Å². The van der Waals surface area contributed by atoms with Gasteiger partial charge in [0.1, 0.15) is 0 Å². The van der Waals surface area contributed by atoms with E-state index in [0.717, 1.165) is 5.41 Å². The van der Waals surface area contributed by atoms with Crippen molar-refractivity contribution in [3.63, 3.8) is 0 Å². The molecule has 0 saturated carbocycles. The summed E-state index contributed by atoms with van der Waals surface area (Å²) in [6.07, 6.45) is 4.42. The van der Waals surface area contributed by atoms with Crippen LogP contribution in [-0.4, -0.2) is 31.2 Å². The highest BCUT2D eigenvalue weighted by Gasteiger charge is 2.51. The maximum Gasteiger partial charge on any atom is 0.0846 e. The fourth-order valence-corrected chi connectivity index (χ4v) is 2.84. The van der Waals surface area contributed by atoms with E-state index in [1.165, 1.54) is 43.4 Å². The molecule has 0 radical (unpaired) electrons. The Morgan fingerprint density at radius 3 is 2.10 bits per heavy atom. The zero-order valence-electron chi connectivity index (χ0n) is 7.19. The Morgan fingerprint density at radius 1 is 1.30 bits per heavy atom. The number of hydrogen-bond acceptors (Lipinski definition) is 0. The third-order valence-electron chi connectivity index (χ3n) is 3.83. The molecule has 0 atom stereocenters. The van der Waals surface area contributed by atoms with E-state index in [1.807, 2.05) is 0 Å². The molecule has 1 nitrogen and oxygen atoms in total. The summed E-state index contributed by atoms with van der Waals surface area (Å²) < 4.78 is 1.38. The monoisotopic (exact) mass is 140 g/mol. The van der Waals surface area contributed by atoms with Crippen LogP contribution in [0.4, 0.5) is 0 Å². The number of hydrogen-bond donors (Lipinski definition) is 0. The van der Waals surface area contributed by atoms with E-state index in [9.17, 15) is 0 Å². The van der Waals surface area contributed by atoms with E-state index >= 15 is 0 Å². The van der Waals surface area contributed by atoms with Gasteiger partial charge in [0.15, 0.2) is 0 Å². The van der Waals surface area contributed by atoms with Gasteiger partial charge in [0.2, 0.25) is 0 Å². The lowest BCUT2D eigenvalue weighted by Crippen LogP contribution is -2.38. The lowest BCUT2D eigenvalue weighted by Gasteiger charge is -2.25. The van der Waals surface area contributed by atoms with Gasteiger partial charge in [-0.25, -0.2) is 0 Å². The average Bonchev–Trinajstić information content (AvgIpc) is 2.42. The van der Waals surface area contributed by atoms with Crippen molar-refractivity contribution in [1.29, 1.82) is 0 Å². The number of rotatable bonds is 1. The zero-order valence-corrected chi connectivity index (χ0v) is 7.19. The smallest absolute Gasteiger partial charge is 0.0846 e. The van der Waals surface area contributed by atoms with Gasteiger partial charge in [-0.15, -0.1) is 0 Å². The molecule has 0 N–H and O–H groups in total. The Bertz CT molecular complexity index is 143. The van der Waals surface area contributed by atoms with Gasteiger partial charge in [0, 0.05) is 18.3 Å². The van der Waals surface area contributed by atoms with Crippen molar-refractivity contribution in [2.75, 3.05) is 26.7 Å². The molecule has 2 heterocycles. The molecule has 0 aromatic heterocycles. The SMILES string of the molecule is CCC12CC[N+](C)(CC1)C2. The van der Waals surface area contributed by atoms with Gasteiger partial charge >= 0.3 is 0 Å². The minimum Gasteiger partial charge on any atom is -0.326 e. The normalized spacial score (nSPS) is 52.2. The van der Waals surface area contributed by atoms with Crippen LogP contribution in [0.2, 0.25) is 0 Å². The molecule has 0 unspecified atom stereocenters. The summed E-state index contributed by atoms with van der Waals surface area (Å²) in [5.41, 5.74) is 0.786. The summed E-state index contributed by atoms with van der Waals surface area (Å²) >= 11 is 0. The average molecular weight is 140 g/mol. The first-order chi connectivity index (χ1) is 4.68. The predicted octanol–water partition coefficient (Wildman–Crippen LogP) is 1.64. The molecule has 0 aliphatic carbocycles. The second-order valence-electron chi connectivity index (χ2n) is 4.58. The second-order valence-corrected chi connectivity index (χ2v) is 4.58. The van der Waals surface area contributed by atoms with E-state index in [0.29, 0.717) is 0 Å². The summed E-state index contributed by atoms with van der Waals surface area (Å²) in [7, 11) is 2.42. The van der Waals surface area contributed by atoms with E-state index in [1.54, 1.807) is 0 Å². The topological polar surface area (TPSA) is 0 Å². The van der Waals surface area contributed by atoms with Gasteiger partial charge in [-0.05, 0) is 6.42 Å². The highest BCUT2D eigenvalue weighted by Crippen LogP contribution is 2.46. The van der Waals surface area contributed by atoms with Crippen LogP contribution in [0.5, 0.6) is 0 Å². The number of fused-ring (bicyclic) bond motifs is 2. The molecule has 0 aromatic carbocycles. The number of piperidine rings is 1. The Morgan fingerprint density at radius 2 is 1.90 bits per heavy atom. The molecule has 10 heavy (non-hydrogen) atoms. The van der Waals surface area contributed by atoms with Crippen molar-refractivity contribution in [3.05, 3.63) is 0 Å². The number of quaternary nitrogens is 1. The third-order valence-corrected chi connectivity index (χ3v) is 3.83. The van der Waals surface area contributed by atoms with Crippen LogP contribution in [-0.2, 0) is 0 Å². The Labute approximate surface area is 63.6 Å². The van der Waals surface area contributed by atoms with Crippen LogP contribution in [0.3, 0.4) is 0 Å². The Balaban J connectivity index is 2.19. The van der Waals surface area contributed by atoms with Crippen LogP contribution in [0.15, 0.2) is 0 Å². The molecular weight excluding hydrogens is 122 g/mol. The van der Waals surface area contributed by atoms with Crippen LogP contribution >= 0.6 is 0 Å². The lowest BCUT2D eigenvalue weighted by atomic mass is 9.82. The largest absolute Gasteiger partial charge is 0.326 e.